The molecule has 1 saturated heterocycles. The van der Waals surface area contributed by atoms with Crippen molar-refractivity contribution in [3.05, 3.63) is 12.2 Å². The highest BCUT2D eigenvalue weighted by atomic mass is 16.6. The topological polar surface area (TPSA) is 79.2 Å². The van der Waals surface area contributed by atoms with Gasteiger partial charge in [0.15, 0.2) is 0 Å². The molecule has 1 rings (SSSR count). The summed E-state index contributed by atoms with van der Waals surface area (Å²) in [4.78, 5) is 0. The number of unbranched alkanes of at least 4 members (excludes halogenated alkanes) is 14. The fraction of sp³-hybridized carbons (Fsp3) is 0.923. The van der Waals surface area contributed by atoms with Crippen LogP contribution in [0.15, 0.2) is 12.2 Å². The van der Waals surface area contributed by atoms with E-state index in [-0.39, 0.29) is 13.2 Å². The van der Waals surface area contributed by atoms with Crippen molar-refractivity contribution in [1.82, 2.24) is 0 Å². The Kier molecular flexibility index (Phi) is 18.6. The normalized spacial score (nSPS) is 24.3. The first kappa shape index (κ1) is 28.6. The summed E-state index contributed by atoms with van der Waals surface area (Å²) in [6, 6.07) is 0. The monoisotopic (exact) mass is 442 g/mol. The standard InChI is InChI=1S/C26H50O5/c1-2-3-4-5-6-7-8-9-10-11-12-13-14-15-16-17-18-19-20-30-22-24-26(29)25(28)23(27)21-31-24/h16-17,23-29H,2-15,18-22H2,1H3/b17-16+/t23-,24+,25+,26+/m0/s1. The highest BCUT2D eigenvalue weighted by Crippen LogP contribution is 2.16. The summed E-state index contributed by atoms with van der Waals surface area (Å²) < 4.78 is 10.9. The lowest BCUT2D eigenvalue weighted by molar-refractivity contribution is -0.199. The van der Waals surface area contributed by atoms with Crippen molar-refractivity contribution in [2.24, 2.45) is 0 Å². The van der Waals surface area contributed by atoms with Gasteiger partial charge in [0.2, 0.25) is 0 Å². The number of rotatable bonds is 20. The van der Waals surface area contributed by atoms with Crippen LogP contribution in [0, 0.1) is 0 Å². The molecule has 0 bridgehead atoms. The summed E-state index contributed by atoms with van der Waals surface area (Å²) in [6.45, 7) is 3.16. The second-order valence-corrected chi connectivity index (χ2v) is 9.14. The molecule has 1 aliphatic heterocycles. The predicted molar refractivity (Wildman–Crippen MR) is 127 cm³/mol. The number of aliphatic hydroxyl groups is 3. The van der Waals surface area contributed by atoms with Crippen LogP contribution in [0.25, 0.3) is 0 Å². The minimum atomic E-state index is -1.16. The van der Waals surface area contributed by atoms with E-state index in [1.54, 1.807) is 0 Å². The first-order valence-corrected chi connectivity index (χ1v) is 13.0. The Morgan fingerprint density at radius 3 is 1.81 bits per heavy atom. The molecule has 0 aliphatic carbocycles. The number of hydrogen-bond donors (Lipinski definition) is 3. The first-order valence-electron chi connectivity index (χ1n) is 13.0. The molecule has 0 unspecified atom stereocenters. The largest absolute Gasteiger partial charge is 0.388 e. The van der Waals surface area contributed by atoms with Crippen LogP contribution in [0.1, 0.15) is 110 Å². The maximum absolute atomic E-state index is 9.84. The summed E-state index contributed by atoms with van der Waals surface area (Å²) in [7, 11) is 0. The molecule has 5 nitrogen and oxygen atoms in total. The quantitative estimate of drug-likeness (QED) is 0.176. The molecule has 0 amide bonds. The Morgan fingerprint density at radius 2 is 1.23 bits per heavy atom. The van der Waals surface area contributed by atoms with Gasteiger partial charge in [-0.05, 0) is 25.7 Å². The second kappa shape index (κ2) is 20.2. The highest BCUT2D eigenvalue weighted by Gasteiger charge is 2.37. The van der Waals surface area contributed by atoms with Gasteiger partial charge >= 0.3 is 0 Å². The molecule has 0 aromatic carbocycles. The average Bonchev–Trinajstić information content (AvgIpc) is 2.77. The van der Waals surface area contributed by atoms with Crippen LogP contribution < -0.4 is 0 Å². The Hall–Kier alpha value is -0.460. The van der Waals surface area contributed by atoms with Crippen LogP contribution in [0.4, 0.5) is 0 Å². The van der Waals surface area contributed by atoms with Crippen molar-refractivity contribution in [3.63, 3.8) is 0 Å². The van der Waals surface area contributed by atoms with Gasteiger partial charge in [0.05, 0.1) is 13.2 Å². The molecule has 0 saturated carbocycles. The van der Waals surface area contributed by atoms with E-state index in [0.717, 1.165) is 12.8 Å². The third-order valence-corrected chi connectivity index (χ3v) is 6.19. The zero-order valence-electron chi connectivity index (χ0n) is 20.1. The highest BCUT2D eigenvalue weighted by molar-refractivity contribution is 4.86. The van der Waals surface area contributed by atoms with Gasteiger partial charge < -0.3 is 24.8 Å². The van der Waals surface area contributed by atoms with Crippen LogP contribution in [0.2, 0.25) is 0 Å². The van der Waals surface area contributed by atoms with Crippen LogP contribution in [-0.2, 0) is 9.47 Å². The van der Waals surface area contributed by atoms with Gasteiger partial charge in [-0.3, -0.25) is 0 Å². The van der Waals surface area contributed by atoms with Crippen LogP contribution >= 0.6 is 0 Å². The Morgan fingerprint density at radius 1 is 0.710 bits per heavy atom. The molecular weight excluding hydrogens is 392 g/mol. The van der Waals surface area contributed by atoms with Crippen molar-refractivity contribution in [2.45, 2.75) is 134 Å². The minimum Gasteiger partial charge on any atom is -0.388 e. The lowest BCUT2D eigenvalue weighted by atomic mass is 10.0. The van der Waals surface area contributed by atoms with Crippen molar-refractivity contribution in [3.8, 4) is 0 Å². The Bertz CT molecular complexity index is 415. The van der Waals surface area contributed by atoms with E-state index in [2.05, 4.69) is 19.1 Å². The molecule has 1 fully saturated rings. The minimum absolute atomic E-state index is 0.0359. The Labute approximate surface area is 191 Å². The van der Waals surface area contributed by atoms with Gasteiger partial charge in [-0.25, -0.2) is 0 Å². The zero-order valence-corrected chi connectivity index (χ0v) is 20.1. The SMILES string of the molecule is CCCCCCCCCCCCCCC/C=C/CCCOC[C@H]1OC[C@H](O)[C@@H](O)[C@@H]1O. The number of allylic oxidation sites excluding steroid dienone is 2. The Balaban J connectivity index is 1.78. The molecule has 184 valence electrons. The maximum Gasteiger partial charge on any atom is 0.111 e. The average molecular weight is 443 g/mol. The van der Waals surface area contributed by atoms with E-state index in [9.17, 15) is 15.3 Å². The van der Waals surface area contributed by atoms with E-state index in [0.29, 0.717) is 6.61 Å². The van der Waals surface area contributed by atoms with Gasteiger partial charge in [-0.1, -0.05) is 96.1 Å². The lowest BCUT2D eigenvalue weighted by Crippen LogP contribution is -2.54. The van der Waals surface area contributed by atoms with Crippen molar-refractivity contribution in [2.75, 3.05) is 19.8 Å². The third kappa shape index (κ3) is 15.1. The lowest BCUT2D eigenvalue weighted by Gasteiger charge is -2.35. The van der Waals surface area contributed by atoms with Gasteiger partial charge in [-0.15, -0.1) is 0 Å². The van der Waals surface area contributed by atoms with Gasteiger partial charge in [0.1, 0.15) is 24.4 Å². The number of ether oxygens (including phenoxy) is 2. The van der Waals surface area contributed by atoms with Gasteiger partial charge in [0.25, 0.3) is 0 Å². The summed E-state index contributed by atoms with van der Waals surface area (Å²) in [5.74, 6) is 0. The van der Waals surface area contributed by atoms with E-state index in [1.165, 1.54) is 89.9 Å². The maximum atomic E-state index is 9.84. The molecule has 0 aromatic rings. The molecule has 1 heterocycles. The van der Waals surface area contributed by atoms with E-state index in [1.807, 2.05) is 0 Å². The summed E-state index contributed by atoms with van der Waals surface area (Å²) in [6.07, 6.45) is 21.9. The van der Waals surface area contributed by atoms with Gasteiger partial charge in [-0.2, -0.15) is 0 Å². The molecule has 5 heteroatoms. The summed E-state index contributed by atoms with van der Waals surface area (Å²) >= 11 is 0. The molecule has 4 atom stereocenters. The second-order valence-electron chi connectivity index (χ2n) is 9.14. The van der Waals surface area contributed by atoms with Crippen LogP contribution in [0.5, 0.6) is 0 Å². The molecule has 0 radical (unpaired) electrons. The third-order valence-electron chi connectivity index (χ3n) is 6.19. The van der Waals surface area contributed by atoms with E-state index >= 15 is 0 Å². The number of hydrogen-bond acceptors (Lipinski definition) is 5. The van der Waals surface area contributed by atoms with Gasteiger partial charge in [0, 0.05) is 6.61 Å². The smallest absolute Gasteiger partial charge is 0.111 e. The first-order chi connectivity index (χ1) is 15.2. The van der Waals surface area contributed by atoms with Crippen molar-refractivity contribution in [1.29, 1.82) is 0 Å². The molecule has 31 heavy (non-hydrogen) atoms. The summed E-state index contributed by atoms with van der Waals surface area (Å²) in [5.41, 5.74) is 0. The zero-order chi connectivity index (χ0) is 22.6. The fourth-order valence-corrected chi connectivity index (χ4v) is 4.03. The summed E-state index contributed by atoms with van der Waals surface area (Å²) in [5, 5.41) is 28.9. The van der Waals surface area contributed by atoms with Crippen molar-refractivity contribution < 1.29 is 24.8 Å². The molecule has 0 aromatic heterocycles. The number of aliphatic hydroxyl groups excluding tert-OH is 3. The van der Waals surface area contributed by atoms with E-state index < -0.39 is 24.4 Å². The fourth-order valence-electron chi connectivity index (χ4n) is 4.03. The predicted octanol–water partition coefficient (Wildman–Crippen LogP) is 5.30. The van der Waals surface area contributed by atoms with Crippen LogP contribution in [-0.4, -0.2) is 59.6 Å². The molecule has 3 N–H and O–H groups in total. The molecule has 0 spiro atoms. The van der Waals surface area contributed by atoms with Crippen molar-refractivity contribution >= 4 is 0 Å². The molecule has 1 aliphatic rings. The molecular formula is C26H50O5. The van der Waals surface area contributed by atoms with E-state index in [4.69, 9.17) is 9.47 Å². The van der Waals surface area contributed by atoms with Crippen LogP contribution in [0.3, 0.4) is 0 Å².